The van der Waals surface area contributed by atoms with Crippen LogP contribution in [0.2, 0.25) is 0 Å². The van der Waals surface area contributed by atoms with Crippen molar-refractivity contribution in [3.05, 3.63) is 23.0 Å². The molecule has 0 aliphatic heterocycles. The van der Waals surface area contributed by atoms with E-state index >= 15 is 0 Å². The first-order chi connectivity index (χ1) is 7.10. The summed E-state index contributed by atoms with van der Waals surface area (Å²) in [6.45, 7) is 4.44. The van der Waals surface area contributed by atoms with Gasteiger partial charge in [0, 0.05) is 37.0 Å². The molecule has 0 aromatic carbocycles. The number of amides is 1. The van der Waals surface area contributed by atoms with E-state index in [1.54, 1.807) is 7.05 Å². The maximum absolute atomic E-state index is 11.1. The van der Waals surface area contributed by atoms with Gasteiger partial charge in [-0.25, -0.2) is 0 Å². The van der Waals surface area contributed by atoms with E-state index in [0.717, 1.165) is 17.7 Å². The molecule has 0 atom stereocenters. The number of carbonyl (C=O) groups is 2. The van der Waals surface area contributed by atoms with Gasteiger partial charge in [0.2, 0.25) is 5.91 Å². The SMILES string of the molecule is CNC(=O)CCn1c(C)cc(C=O)c1C. The second-order valence-corrected chi connectivity index (χ2v) is 3.52. The lowest BCUT2D eigenvalue weighted by Crippen LogP contribution is -2.20. The molecule has 0 radical (unpaired) electrons. The van der Waals surface area contributed by atoms with Crippen molar-refractivity contribution in [2.24, 2.45) is 0 Å². The molecule has 1 aromatic rings. The van der Waals surface area contributed by atoms with Crippen molar-refractivity contribution >= 4 is 12.2 Å². The molecule has 0 bridgehead atoms. The number of carbonyl (C=O) groups excluding carboxylic acids is 2. The number of aromatic nitrogens is 1. The van der Waals surface area contributed by atoms with E-state index in [9.17, 15) is 9.59 Å². The summed E-state index contributed by atoms with van der Waals surface area (Å²) in [4.78, 5) is 21.8. The van der Waals surface area contributed by atoms with Gasteiger partial charge in [0.1, 0.15) is 0 Å². The van der Waals surface area contributed by atoms with E-state index in [0.29, 0.717) is 18.5 Å². The summed E-state index contributed by atoms with van der Waals surface area (Å²) >= 11 is 0. The Bertz CT molecular complexity index is 380. The number of nitrogens with zero attached hydrogens (tertiary/aromatic N) is 1. The minimum atomic E-state index is 0.00940. The van der Waals surface area contributed by atoms with Gasteiger partial charge >= 0.3 is 0 Å². The number of hydrogen-bond acceptors (Lipinski definition) is 2. The molecule has 82 valence electrons. The summed E-state index contributed by atoms with van der Waals surface area (Å²) in [6, 6.07) is 1.84. The van der Waals surface area contributed by atoms with Gasteiger partial charge in [-0.2, -0.15) is 0 Å². The molecule has 4 nitrogen and oxygen atoms in total. The first-order valence-corrected chi connectivity index (χ1v) is 4.92. The summed E-state index contributed by atoms with van der Waals surface area (Å²) < 4.78 is 1.99. The Morgan fingerprint density at radius 1 is 1.53 bits per heavy atom. The van der Waals surface area contributed by atoms with Crippen LogP contribution in [0.15, 0.2) is 6.07 Å². The third-order valence-corrected chi connectivity index (χ3v) is 2.58. The van der Waals surface area contributed by atoms with E-state index < -0.39 is 0 Å². The number of hydrogen-bond donors (Lipinski definition) is 1. The Morgan fingerprint density at radius 2 is 2.20 bits per heavy atom. The number of nitrogens with one attached hydrogen (secondary N) is 1. The van der Waals surface area contributed by atoms with E-state index in [2.05, 4.69) is 5.32 Å². The van der Waals surface area contributed by atoms with Crippen LogP contribution < -0.4 is 5.32 Å². The molecular formula is C11H16N2O2. The van der Waals surface area contributed by atoms with Gasteiger partial charge in [0.25, 0.3) is 0 Å². The smallest absolute Gasteiger partial charge is 0.221 e. The predicted molar refractivity (Wildman–Crippen MR) is 58.0 cm³/mol. The fourth-order valence-corrected chi connectivity index (χ4v) is 1.63. The highest BCUT2D eigenvalue weighted by Gasteiger charge is 2.08. The van der Waals surface area contributed by atoms with Crippen LogP contribution >= 0.6 is 0 Å². The molecule has 1 N–H and O–H groups in total. The third kappa shape index (κ3) is 2.46. The zero-order valence-corrected chi connectivity index (χ0v) is 9.33. The standard InChI is InChI=1S/C11H16N2O2/c1-8-6-10(7-14)9(2)13(8)5-4-11(15)12-3/h6-7H,4-5H2,1-3H3,(H,12,15). The van der Waals surface area contributed by atoms with Crippen LogP contribution in [-0.2, 0) is 11.3 Å². The van der Waals surface area contributed by atoms with E-state index in [-0.39, 0.29) is 5.91 Å². The summed E-state index contributed by atoms with van der Waals surface area (Å²) in [5, 5.41) is 2.57. The van der Waals surface area contributed by atoms with Gasteiger partial charge < -0.3 is 9.88 Å². The van der Waals surface area contributed by atoms with Crippen molar-refractivity contribution in [3.8, 4) is 0 Å². The molecule has 1 heterocycles. The van der Waals surface area contributed by atoms with Crippen molar-refractivity contribution in [2.75, 3.05) is 7.05 Å². The summed E-state index contributed by atoms with van der Waals surface area (Å²) in [5.74, 6) is 0.00940. The van der Waals surface area contributed by atoms with Crippen LogP contribution in [0.1, 0.15) is 28.2 Å². The highest BCUT2D eigenvalue weighted by Crippen LogP contribution is 2.13. The number of aldehydes is 1. The summed E-state index contributed by atoms with van der Waals surface area (Å²) in [6.07, 6.45) is 1.28. The first kappa shape index (κ1) is 11.5. The van der Waals surface area contributed by atoms with Gasteiger partial charge in [0.05, 0.1) is 0 Å². The molecule has 0 spiro atoms. The third-order valence-electron chi connectivity index (χ3n) is 2.58. The van der Waals surface area contributed by atoms with Crippen LogP contribution in [0.4, 0.5) is 0 Å². The van der Waals surface area contributed by atoms with Gasteiger partial charge in [0.15, 0.2) is 6.29 Å². The molecule has 0 saturated heterocycles. The van der Waals surface area contributed by atoms with Crippen LogP contribution in [0.5, 0.6) is 0 Å². The highest BCUT2D eigenvalue weighted by molar-refractivity contribution is 5.77. The number of rotatable bonds is 4. The topological polar surface area (TPSA) is 51.1 Å². The largest absolute Gasteiger partial charge is 0.359 e. The van der Waals surface area contributed by atoms with Crippen molar-refractivity contribution in [3.63, 3.8) is 0 Å². The average Bonchev–Trinajstić information content (AvgIpc) is 2.51. The quantitative estimate of drug-likeness (QED) is 0.752. The molecule has 0 aliphatic rings. The van der Waals surface area contributed by atoms with Gasteiger partial charge in [-0.15, -0.1) is 0 Å². The minimum Gasteiger partial charge on any atom is -0.359 e. The van der Waals surface area contributed by atoms with Crippen LogP contribution in [0, 0.1) is 13.8 Å². The molecule has 0 aliphatic carbocycles. The predicted octanol–water partition coefficient (Wildman–Crippen LogP) is 1.05. The van der Waals surface area contributed by atoms with Gasteiger partial charge in [-0.1, -0.05) is 0 Å². The zero-order chi connectivity index (χ0) is 11.4. The van der Waals surface area contributed by atoms with Gasteiger partial charge in [-0.3, -0.25) is 9.59 Å². The molecule has 1 rings (SSSR count). The molecule has 1 amide bonds. The van der Waals surface area contributed by atoms with Crippen molar-refractivity contribution < 1.29 is 9.59 Å². The zero-order valence-electron chi connectivity index (χ0n) is 9.33. The first-order valence-electron chi connectivity index (χ1n) is 4.92. The lowest BCUT2D eigenvalue weighted by atomic mass is 10.3. The van der Waals surface area contributed by atoms with Gasteiger partial charge in [-0.05, 0) is 19.9 Å². The lowest BCUT2D eigenvalue weighted by Gasteiger charge is -2.08. The van der Waals surface area contributed by atoms with Crippen LogP contribution in [0.25, 0.3) is 0 Å². The Balaban J connectivity index is 2.80. The molecule has 0 fully saturated rings. The fourth-order valence-electron chi connectivity index (χ4n) is 1.63. The second kappa shape index (κ2) is 4.77. The van der Waals surface area contributed by atoms with Crippen molar-refractivity contribution in [2.45, 2.75) is 26.8 Å². The number of aryl methyl sites for hydroxylation is 1. The Labute approximate surface area is 89.3 Å². The average molecular weight is 208 g/mol. The van der Waals surface area contributed by atoms with Crippen molar-refractivity contribution in [1.29, 1.82) is 0 Å². The second-order valence-electron chi connectivity index (χ2n) is 3.52. The summed E-state index contributed by atoms with van der Waals surface area (Å²) in [7, 11) is 1.62. The molecule has 4 heteroatoms. The Kier molecular flexibility index (Phi) is 3.66. The minimum absolute atomic E-state index is 0.00940. The monoisotopic (exact) mass is 208 g/mol. The fraction of sp³-hybridized carbons (Fsp3) is 0.455. The van der Waals surface area contributed by atoms with E-state index in [1.807, 2.05) is 24.5 Å². The molecule has 15 heavy (non-hydrogen) atoms. The summed E-state index contributed by atoms with van der Waals surface area (Å²) in [5.41, 5.74) is 2.63. The maximum atomic E-state index is 11.1. The van der Waals surface area contributed by atoms with Crippen LogP contribution in [0.3, 0.4) is 0 Å². The maximum Gasteiger partial charge on any atom is 0.221 e. The Morgan fingerprint density at radius 3 is 2.67 bits per heavy atom. The molecular weight excluding hydrogens is 192 g/mol. The highest BCUT2D eigenvalue weighted by atomic mass is 16.1. The molecule has 0 saturated carbocycles. The van der Waals surface area contributed by atoms with Crippen molar-refractivity contribution in [1.82, 2.24) is 9.88 Å². The Hall–Kier alpha value is -1.58. The normalized spacial score (nSPS) is 10.1. The lowest BCUT2D eigenvalue weighted by molar-refractivity contribution is -0.120. The van der Waals surface area contributed by atoms with E-state index in [4.69, 9.17) is 0 Å². The van der Waals surface area contributed by atoms with E-state index in [1.165, 1.54) is 0 Å². The molecule has 1 aromatic heterocycles. The van der Waals surface area contributed by atoms with Crippen LogP contribution in [-0.4, -0.2) is 23.8 Å². The molecule has 0 unspecified atom stereocenters.